The number of hydrogen-bond donors (Lipinski definition) is 1. The predicted octanol–water partition coefficient (Wildman–Crippen LogP) is 6.29. The van der Waals surface area contributed by atoms with Crippen LogP contribution in [-0.2, 0) is 11.2 Å². The number of rotatable bonds is 12. The number of benzene rings is 1. The standard InChI is InChI=1S/C26H34N2O4/c1-5-20(6-2)28-23-10-9-19(24(29)13-18(12-17(3)4)14-26(30)31)15-22(23)27-25(28)16-21-8-7-11-32-21/h7-11,15,17-18,20H,5-6,12-14,16H2,1-4H3,(H,30,31)/t18-/m1/s1. The van der Waals surface area contributed by atoms with E-state index < -0.39 is 5.97 Å². The number of carboxylic acids is 1. The third-order valence-corrected chi connectivity index (χ3v) is 6.05. The Kier molecular flexibility index (Phi) is 7.89. The van der Waals surface area contributed by atoms with Crippen molar-refractivity contribution in [2.24, 2.45) is 11.8 Å². The van der Waals surface area contributed by atoms with Gasteiger partial charge in [-0.25, -0.2) is 4.98 Å². The van der Waals surface area contributed by atoms with Crippen molar-refractivity contribution < 1.29 is 19.1 Å². The minimum absolute atomic E-state index is 0.0166. The molecule has 172 valence electrons. The van der Waals surface area contributed by atoms with Crippen molar-refractivity contribution in [1.29, 1.82) is 0 Å². The third-order valence-electron chi connectivity index (χ3n) is 6.05. The highest BCUT2D eigenvalue weighted by molar-refractivity contribution is 5.99. The summed E-state index contributed by atoms with van der Waals surface area (Å²) in [7, 11) is 0. The van der Waals surface area contributed by atoms with Crippen LogP contribution in [0.1, 0.15) is 87.8 Å². The molecular weight excluding hydrogens is 404 g/mol. The first-order chi connectivity index (χ1) is 15.3. The van der Waals surface area contributed by atoms with Gasteiger partial charge in [-0.05, 0) is 61.4 Å². The number of furan rings is 1. The van der Waals surface area contributed by atoms with E-state index in [1.165, 1.54) is 0 Å². The molecule has 0 aliphatic heterocycles. The van der Waals surface area contributed by atoms with Crippen molar-refractivity contribution in [3.63, 3.8) is 0 Å². The highest BCUT2D eigenvalue weighted by Crippen LogP contribution is 2.29. The van der Waals surface area contributed by atoms with Gasteiger partial charge in [-0.2, -0.15) is 0 Å². The van der Waals surface area contributed by atoms with Crippen LogP contribution in [0, 0.1) is 11.8 Å². The van der Waals surface area contributed by atoms with Crippen LogP contribution in [0.5, 0.6) is 0 Å². The van der Waals surface area contributed by atoms with E-state index in [1.54, 1.807) is 6.26 Å². The fourth-order valence-corrected chi connectivity index (χ4v) is 4.61. The summed E-state index contributed by atoms with van der Waals surface area (Å²) >= 11 is 0. The van der Waals surface area contributed by atoms with Crippen LogP contribution >= 0.6 is 0 Å². The van der Waals surface area contributed by atoms with Crippen molar-refractivity contribution in [3.8, 4) is 0 Å². The largest absolute Gasteiger partial charge is 0.481 e. The van der Waals surface area contributed by atoms with E-state index in [9.17, 15) is 14.7 Å². The monoisotopic (exact) mass is 438 g/mol. The van der Waals surface area contributed by atoms with Gasteiger partial charge >= 0.3 is 5.97 Å². The molecular formula is C26H34N2O4. The van der Waals surface area contributed by atoms with Gasteiger partial charge in [0, 0.05) is 24.4 Å². The first-order valence-electron chi connectivity index (χ1n) is 11.6. The number of aromatic nitrogens is 2. The summed E-state index contributed by atoms with van der Waals surface area (Å²) in [6.45, 7) is 8.45. The van der Waals surface area contributed by atoms with Crippen LogP contribution in [0.3, 0.4) is 0 Å². The quantitative estimate of drug-likeness (QED) is 0.336. The Morgan fingerprint density at radius 2 is 1.88 bits per heavy atom. The highest BCUT2D eigenvalue weighted by Gasteiger charge is 2.22. The maximum absolute atomic E-state index is 13.0. The van der Waals surface area contributed by atoms with Gasteiger partial charge in [0.05, 0.1) is 23.7 Å². The number of carbonyl (C=O) groups is 2. The number of aliphatic carboxylic acids is 1. The number of imidazole rings is 1. The van der Waals surface area contributed by atoms with E-state index in [0.717, 1.165) is 41.9 Å². The van der Waals surface area contributed by atoms with Crippen molar-refractivity contribution in [1.82, 2.24) is 9.55 Å². The van der Waals surface area contributed by atoms with E-state index in [0.29, 0.717) is 23.9 Å². The molecule has 0 radical (unpaired) electrons. The van der Waals surface area contributed by atoms with Crippen molar-refractivity contribution in [3.05, 3.63) is 53.7 Å². The summed E-state index contributed by atoms with van der Waals surface area (Å²) in [6.07, 6.45) is 5.21. The normalized spacial score (nSPS) is 12.7. The summed E-state index contributed by atoms with van der Waals surface area (Å²) in [4.78, 5) is 29.1. The smallest absolute Gasteiger partial charge is 0.303 e. The van der Waals surface area contributed by atoms with Gasteiger partial charge in [-0.15, -0.1) is 0 Å². The van der Waals surface area contributed by atoms with E-state index >= 15 is 0 Å². The Morgan fingerprint density at radius 3 is 2.47 bits per heavy atom. The molecule has 0 aliphatic rings. The molecule has 3 aromatic rings. The van der Waals surface area contributed by atoms with Crippen molar-refractivity contribution in [2.45, 2.75) is 72.3 Å². The Hall–Kier alpha value is -2.89. The fourth-order valence-electron chi connectivity index (χ4n) is 4.61. The first-order valence-corrected chi connectivity index (χ1v) is 11.6. The average molecular weight is 439 g/mol. The van der Waals surface area contributed by atoms with Crippen LogP contribution in [0.4, 0.5) is 0 Å². The lowest BCUT2D eigenvalue weighted by atomic mass is 9.88. The minimum atomic E-state index is -0.856. The predicted molar refractivity (Wildman–Crippen MR) is 125 cm³/mol. The number of fused-ring (bicyclic) bond motifs is 1. The SMILES string of the molecule is CCC(CC)n1c(Cc2ccco2)nc2cc(C(=O)C[C@H](CC(=O)O)CC(C)C)ccc21. The number of carbonyl (C=O) groups excluding carboxylic acids is 1. The molecule has 0 amide bonds. The molecule has 0 aliphatic carbocycles. The topological polar surface area (TPSA) is 85.3 Å². The summed E-state index contributed by atoms with van der Waals surface area (Å²) < 4.78 is 7.82. The van der Waals surface area contributed by atoms with Gasteiger partial charge in [-0.3, -0.25) is 9.59 Å². The molecule has 6 nitrogen and oxygen atoms in total. The number of Topliss-reactive ketones (excluding diaryl/α,β-unsaturated/α-hetero) is 1. The summed E-state index contributed by atoms with van der Waals surface area (Å²) in [5.41, 5.74) is 2.40. The van der Waals surface area contributed by atoms with Gasteiger partial charge < -0.3 is 14.1 Å². The molecule has 2 heterocycles. The summed E-state index contributed by atoms with van der Waals surface area (Å²) in [6, 6.07) is 9.83. The van der Waals surface area contributed by atoms with E-state index in [1.807, 2.05) is 30.3 Å². The number of hydrogen-bond acceptors (Lipinski definition) is 4. The third kappa shape index (κ3) is 5.67. The van der Waals surface area contributed by atoms with Gasteiger partial charge in [0.15, 0.2) is 5.78 Å². The zero-order valence-corrected chi connectivity index (χ0v) is 19.5. The van der Waals surface area contributed by atoms with E-state index in [-0.39, 0.29) is 24.5 Å². The Labute approximate surface area is 189 Å². The summed E-state index contributed by atoms with van der Waals surface area (Å²) in [5, 5.41) is 9.23. The lowest BCUT2D eigenvalue weighted by Crippen LogP contribution is -2.15. The highest BCUT2D eigenvalue weighted by atomic mass is 16.4. The van der Waals surface area contributed by atoms with E-state index in [4.69, 9.17) is 9.40 Å². The minimum Gasteiger partial charge on any atom is -0.481 e. The molecule has 0 spiro atoms. The van der Waals surface area contributed by atoms with Gasteiger partial charge in [0.2, 0.25) is 0 Å². The second kappa shape index (κ2) is 10.6. The van der Waals surface area contributed by atoms with Crippen molar-refractivity contribution in [2.75, 3.05) is 0 Å². The molecule has 0 bridgehead atoms. The maximum Gasteiger partial charge on any atom is 0.303 e. The van der Waals surface area contributed by atoms with Gasteiger partial charge in [0.1, 0.15) is 11.6 Å². The molecule has 32 heavy (non-hydrogen) atoms. The van der Waals surface area contributed by atoms with Crippen LogP contribution in [0.15, 0.2) is 41.0 Å². The van der Waals surface area contributed by atoms with Gasteiger partial charge in [0.25, 0.3) is 0 Å². The molecule has 0 fully saturated rings. The lowest BCUT2D eigenvalue weighted by Gasteiger charge is -2.19. The molecule has 1 atom stereocenters. The Balaban J connectivity index is 1.93. The van der Waals surface area contributed by atoms with Gasteiger partial charge in [-0.1, -0.05) is 27.7 Å². The second-order valence-electron chi connectivity index (χ2n) is 9.05. The fraction of sp³-hybridized carbons (Fsp3) is 0.500. The Bertz CT molecular complexity index is 1050. The molecule has 2 aromatic heterocycles. The Morgan fingerprint density at radius 1 is 1.12 bits per heavy atom. The van der Waals surface area contributed by atoms with Crippen LogP contribution in [-0.4, -0.2) is 26.4 Å². The van der Waals surface area contributed by atoms with Crippen molar-refractivity contribution >= 4 is 22.8 Å². The molecule has 6 heteroatoms. The lowest BCUT2D eigenvalue weighted by molar-refractivity contribution is -0.138. The second-order valence-corrected chi connectivity index (χ2v) is 9.05. The zero-order valence-electron chi connectivity index (χ0n) is 19.5. The molecule has 3 rings (SSSR count). The summed E-state index contributed by atoms with van der Waals surface area (Å²) in [5.74, 6) is 1.08. The number of carboxylic acid groups (broad SMARTS) is 1. The number of nitrogens with zero attached hydrogens (tertiary/aromatic N) is 2. The van der Waals surface area contributed by atoms with Crippen LogP contribution in [0.25, 0.3) is 11.0 Å². The average Bonchev–Trinajstić information content (AvgIpc) is 3.36. The molecule has 0 unspecified atom stereocenters. The molecule has 1 aromatic carbocycles. The molecule has 1 N–H and O–H groups in total. The maximum atomic E-state index is 13.0. The van der Waals surface area contributed by atoms with Crippen LogP contribution in [0.2, 0.25) is 0 Å². The molecule has 0 saturated heterocycles. The van der Waals surface area contributed by atoms with Crippen LogP contribution < -0.4 is 0 Å². The molecule has 0 saturated carbocycles. The number of ketones is 1. The van der Waals surface area contributed by atoms with E-state index in [2.05, 4.69) is 32.3 Å². The zero-order chi connectivity index (χ0) is 23.3. The first kappa shape index (κ1) is 23.8.